The summed E-state index contributed by atoms with van der Waals surface area (Å²) in [5, 5.41) is 3.70. The maximum Gasteiger partial charge on any atom is 0.0945 e. The SMILES string of the molecule is COC(CNC1CCCCC1C)c1ccccc1. The molecule has 0 amide bonds. The summed E-state index contributed by atoms with van der Waals surface area (Å²) in [4.78, 5) is 0. The normalized spacial score (nSPS) is 25.9. The lowest BCUT2D eigenvalue weighted by Crippen LogP contribution is -2.39. The van der Waals surface area contributed by atoms with Gasteiger partial charge >= 0.3 is 0 Å². The molecule has 3 unspecified atom stereocenters. The molecule has 0 aliphatic heterocycles. The first kappa shape index (κ1) is 13.6. The van der Waals surface area contributed by atoms with Crippen LogP contribution in [0.1, 0.15) is 44.3 Å². The molecule has 3 atom stereocenters. The maximum absolute atomic E-state index is 5.60. The number of hydrogen-bond acceptors (Lipinski definition) is 2. The maximum atomic E-state index is 5.60. The van der Waals surface area contributed by atoms with E-state index in [4.69, 9.17) is 4.74 Å². The van der Waals surface area contributed by atoms with Crippen molar-refractivity contribution >= 4 is 0 Å². The van der Waals surface area contributed by atoms with Crippen LogP contribution in [0.25, 0.3) is 0 Å². The molecular formula is C16H25NO. The van der Waals surface area contributed by atoms with Crippen molar-refractivity contribution in [2.24, 2.45) is 5.92 Å². The highest BCUT2D eigenvalue weighted by Gasteiger charge is 2.22. The highest BCUT2D eigenvalue weighted by atomic mass is 16.5. The van der Waals surface area contributed by atoms with Crippen LogP contribution in [0.5, 0.6) is 0 Å². The summed E-state index contributed by atoms with van der Waals surface area (Å²) in [5.74, 6) is 0.798. The Morgan fingerprint density at radius 2 is 1.94 bits per heavy atom. The monoisotopic (exact) mass is 247 g/mol. The minimum absolute atomic E-state index is 0.167. The van der Waals surface area contributed by atoms with Crippen molar-refractivity contribution in [3.05, 3.63) is 35.9 Å². The van der Waals surface area contributed by atoms with Crippen LogP contribution in [0.3, 0.4) is 0 Å². The zero-order valence-corrected chi connectivity index (χ0v) is 11.6. The fraction of sp³-hybridized carbons (Fsp3) is 0.625. The molecule has 0 aromatic heterocycles. The van der Waals surface area contributed by atoms with Crippen molar-refractivity contribution in [3.63, 3.8) is 0 Å². The summed E-state index contributed by atoms with van der Waals surface area (Å²) in [6.07, 6.45) is 5.60. The number of benzene rings is 1. The standard InChI is InChI=1S/C16H25NO/c1-13-8-6-7-11-15(13)17-12-16(18-2)14-9-4-3-5-10-14/h3-5,9-10,13,15-17H,6-8,11-12H2,1-2H3. The van der Waals surface area contributed by atoms with E-state index in [1.54, 1.807) is 7.11 Å². The Hall–Kier alpha value is -0.860. The lowest BCUT2D eigenvalue weighted by atomic mass is 9.86. The zero-order valence-electron chi connectivity index (χ0n) is 11.6. The van der Waals surface area contributed by atoms with Gasteiger partial charge in [0.25, 0.3) is 0 Å². The predicted octanol–water partition coefficient (Wildman–Crippen LogP) is 3.54. The fourth-order valence-corrected chi connectivity index (χ4v) is 2.88. The van der Waals surface area contributed by atoms with Crippen molar-refractivity contribution in [1.82, 2.24) is 5.32 Å². The van der Waals surface area contributed by atoms with Gasteiger partial charge in [-0.05, 0) is 24.3 Å². The molecule has 2 nitrogen and oxygen atoms in total. The van der Waals surface area contributed by atoms with Gasteiger partial charge in [0.15, 0.2) is 0 Å². The molecule has 2 rings (SSSR count). The minimum atomic E-state index is 0.167. The number of nitrogens with one attached hydrogen (secondary N) is 1. The third kappa shape index (κ3) is 3.56. The molecule has 1 saturated carbocycles. The van der Waals surface area contributed by atoms with Gasteiger partial charge in [0.1, 0.15) is 0 Å². The van der Waals surface area contributed by atoms with Crippen LogP contribution in [0.2, 0.25) is 0 Å². The first-order valence-electron chi connectivity index (χ1n) is 7.12. The molecule has 100 valence electrons. The summed E-state index contributed by atoms with van der Waals surface area (Å²) >= 11 is 0. The molecule has 0 bridgehead atoms. The lowest BCUT2D eigenvalue weighted by molar-refractivity contribution is 0.0944. The van der Waals surface area contributed by atoms with E-state index < -0.39 is 0 Å². The number of ether oxygens (including phenoxy) is 1. The molecule has 1 aliphatic rings. The van der Waals surface area contributed by atoms with Gasteiger partial charge in [0.2, 0.25) is 0 Å². The third-order valence-corrected chi connectivity index (χ3v) is 4.13. The predicted molar refractivity (Wildman–Crippen MR) is 75.6 cm³/mol. The molecule has 2 heteroatoms. The number of methoxy groups -OCH3 is 1. The average Bonchev–Trinajstić information content (AvgIpc) is 2.42. The Morgan fingerprint density at radius 3 is 2.61 bits per heavy atom. The van der Waals surface area contributed by atoms with E-state index in [0.717, 1.165) is 12.5 Å². The molecular weight excluding hydrogens is 222 g/mol. The van der Waals surface area contributed by atoms with Crippen LogP contribution >= 0.6 is 0 Å². The van der Waals surface area contributed by atoms with Gasteiger partial charge in [-0.25, -0.2) is 0 Å². The highest BCUT2D eigenvalue weighted by Crippen LogP contribution is 2.24. The van der Waals surface area contributed by atoms with Crippen LogP contribution in [0.15, 0.2) is 30.3 Å². The van der Waals surface area contributed by atoms with E-state index in [1.807, 2.05) is 6.07 Å². The van der Waals surface area contributed by atoms with Crippen LogP contribution in [-0.2, 0) is 4.74 Å². The topological polar surface area (TPSA) is 21.3 Å². The first-order chi connectivity index (χ1) is 8.81. The summed E-state index contributed by atoms with van der Waals surface area (Å²) in [6.45, 7) is 3.27. The zero-order chi connectivity index (χ0) is 12.8. The molecule has 0 saturated heterocycles. The molecule has 0 radical (unpaired) electrons. The highest BCUT2D eigenvalue weighted by molar-refractivity contribution is 5.17. The second kappa shape index (κ2) is 6.91. The second-order valence-electron chi connectivity index (χ2n) is 5.41. The third-order valence-electron chi connectivity index (χ3n) is 4.13. The molecule has 0 spiro atoms. The van der Waals surface area contributed by atoms with Crippen molar-refractivity contribution in [2.45, 2.75) is 44.8 Å². The summed E-state index contributed by atoms with van der Waals surface area (Å²) in [7, 11) is 1.80. The Balaban J connectivity index is 1.87. The van der Waals surface area contributed by atoms with E-state index in [9.17, 15) is 0 Å². The Kier molecular flexibility index (Phi) is 5.21. The van der Waals surface area contributed by atoms with Crippen molar-refractivity contribution in [3.8, 4) is 0 Å². The molecule has 1 fully saturated rings. The van der Waals surface area contributed by atoms with Gasteiger partial charge in [0.05, 0.1) is 6.10 Å². The van der Waals surface area contributed by atoms with Crippen molar-refractivity contribution < 1.29 is 4.74 Å². The Morgan fingerprint density at radius 1 is 1.22 bits per heavy atom. The van der Waals surface area contributed by atoms with Crippen LogP contribution in [0.4, 0.5) is 0 Å². The van der Waals surface area contributed by atoms with Crippen LogP contribution < -0.4 is 5.32 Å². The average molecular weight is 247 g/mol. The van der Waals surface area contributed by atoms with Crippen LogP contribution in [-0.4, -0.2) is 19.7 Å². The van der Waals surface area contributed by atoms with E-state index in [1.165, 1.54) is 31.2 Å². The largest absolute Gasteiger partial charge is 0.375 e. The van der Waals surface area contributed by atoms with Gasteiger partial charge in [-0.1, -0.05) is 50.1 Å². The smallest absolute Gasteiger partial charge is 0.0945 e. The lowest BCUT2D eigenvalue weighted by Gasteiger charge is -2.31. The second-order valence-corrected chi connectivity index (χ2v) is 5.41. The molecule has 0 heterocycles. The number of rotatable bonds is 5. The van der Waals surface area contributed by atoms with E-state index in [2.05, 4.69) is 36.5 Å². The quantitative estimate of drug-likeness (QED) is 0.859. The summed E-state index contributed by atoms with van der Waals surface area (Å²) < 4.78 is 5.60. The molecule has 1 N–H and O–H groups in total. The summed E-state index contributed by atoms with van der Waals surface area (Å²) in [5.41, 5.74) is 1.26. The first-order valence-corrected chi connectivity index (χ1v) is 7.12. The molecule has 1 aliphatic carbocycles. The van der Waals surface area contributed by atoms with Crippen molar-refractivity contribution in [2.75, 3.05) is 13.7 Å². The van der Waals surface area contributed by atoms with E-state index >= 15 is 0 Å². The number of hydrogen-bond donors (Lipinski definition) is 1. The fourth-order valence-electron chi connectivity index (χ4n) is 2.88. The van der Waals surface area contributed by atoms with Gasteiger partial charge in [-0.15, -0.1) is 0 Å². The minimum Gasteiger partial charge on any atom is -0.375 e. The van der Waals surface area contributed by atoms with E-state index in [-0.39, 0.29) is 6.10 Å². The van der Waals surface area contributed by atoms with Gasteiger partial charge in [-0.3, -0.25) is 0 Å². The van der Waals surface area contributed by atoms with Gasteiger partial charge in [-0.2, -0.15) is 0 Å². The molecule has 1 aromatic rings. The van der Waals surface area contributed by atoms with Gasteiger partial charge < -0.3 is 10.1 Å². The van der Waals surface area contributed by atoms with Crippen LogP contribution in [0, 0.1) is 5.92 Å². The molecule has 1 aromatic carbocycles. The Labute approximate surface area is 111 Å². The summed E-state index contributed by atoms with van der Waals surface area (Å²) in [6, 6.07) is 11.1. The Bertz CT molecular complexity index is 338. The van der Waals surface area contributed by atoms with Gasteiger partial charge in [0, 0.05) is 19.7 Å². The van der Waals surface area contributed by atoms with E-state index in [0.29, 0.717) is 6.04 Å². The van der Waals surface area contributed by atoms with Crippen molar-refractivity contribution in [1.29, 1.82) is 0 Å². The molecule has 18 heavy (non-hydrogen) atoms.